The quantitative estimate of drug-likeness (QED) is 0.872. The van der Waals surface area contributed by atoms with Gasteiger partial charge in [0.25, 0.3) is 5.91 Å². The van der Waals surface area contributed by atoms with Crippen molar-refractivity contribution >= 4 is 11.8 Å². The maximum atomic E-state index is 12.9. The van der Waals surface area contributed by atoms with Crippen LogP contribution in [0.2, 0.25) is 0 Å². The molecule has 142 valence electrons. The first kappa shape index (κ1) is 18.9. The number of nitrogens with zero attached hydrogens (tertiary/aromatic N) is 1. The van der Waals surface area contributed by atoms with Crippen LogP contribution < -0.4 is 10.6 Å². The number of benzene rings is 1. The minimum Gasteiger partial charge on any atom is -0.352 e. The lowest BCUT2D eigenvalue weighted by Crippen LogP contribution is -2.53. The molecule has 2 N–H and O–H groups in total. The highest BCUT2D eigenvalue weighted by molar-refractivity contribution is 5.95. The highest BCUT2D eigenvalue weighted by atomic mass is 16.2. The summed E-state index contributed by atoms with van der Waals surface area (Å²) in [7, 11) is 0. The van der Waals surface area contributed by atoms with Crippen LogP contribution >= 0.6 is 0 Å². The first-order chi connectivity index (χ1) is 12.4. The normalized spacial score (nSPS) is 26.4. The highest BCUT2D eigenvalue weighted by Gasteiger charge is 2.31. The lowest BCUT2D eigenvalue weighted by Gasteiger charge is -2.35. The number of aryl methyl sites for hydroxylation is 2. The molecule has 1 aromatic carbocycles. The Hall–Kier alpha value is -1.88. The molecule has 2 fully saturated rings. The van der Waals surface area contributed by atoms with E-state index in [0.717, 1.165) is 55.6 Å². The third-order valence-electron chi connectivity index (χ3n) is 5.70. The fourth-order valence-electron chi connectivity index (χ4n) is 4.14. The second-order valence-electron chi connectivity index (χ2n) is 8.05. The summed E-state index contributed by atoms with van der Waals surface area (Å²) in [6, 6.07) is 6.15. The molecule has 3 rings (SSSR count). The number of nitrogens with one attached hydrogen (secondary N) is 2. The Morgan fingerprint density at radius 3 is 2.58 bits per heavy atom. The summed E-state index contributed by atoms with van der Waals surface area (Å²) in [5.41, 5.74) is 2.92. The zero-order chi connectivity index (χ0) is 18.7. The molecule has 2 aliphatic rings. The van der Waals surface area contributed by atoms with Gasteiger partial charge in [0.15, 0.2) is 0 Å². The SMILES string of the molecule is Cc1cc(C)cc(C(=O)N2CCCC(C(=O)NC3CNCCC3C)C2)c1. The molecule has 2 heterocycles. The van der Waals surface area contributed by atoms with Crippen LogP contribution in [-0.2, 0) is 4.79 Å². The second-order valence-corrected chi connectivity index (χ2v) is 8.05. The van der Waals surface area contributed by atoms with Crippen LogP contribution in [0.25, 0.3) is 0 Å². The van der Waals surface area contributed by atoms with E-state index < -0.39 is 0 Å². The van der Waals surface area contributed by atoms with E-state index in [-0.39, 0.29) is 23.8 Å². The Labute approximate surface area is 156 Å². The molecular formula is C21H31N3O2. The van der Waals surface area contributed by atoms with E-state index in [9.17, 15) is 9.59 Å². The average molecular weight is 357 g/mol. The maximum absolute atomic E-state index is 12.9. The molecule has 26 heavy (non-hydrogen) atoms. The summed E-state index contributed by atoms with van der Waals surface area (Å²) < 4.78 is 0. The molecule has 0 aliphatic carbocycles. The summed E-state index contributed by atoms with van der Waals surface area (Å²) in [6.07, 6.45) is 2.83. The van der Waals surface area contributed by atoms with Crippen molar-refractivity contribution in [2.24, 2.45) is 11.8 Å². The van der Waals surface area contributed by atoms with Crippen LogP contribution in [0.4, 0.5) is 0 Å². The van der Waals surface area contributed by atoms with Gasteiger partial charge in [-0.25, -0.2) is 0 Å². The van der Waals surface area contributed by atoms with Crippen LogP contribution in [0.15, 0.2) is 18.2 Å². The van der Waals surface area contributed by atoms with Crippen LogP contribution in [0.3, 0.4) is 0 Å². The summed E-state index contributed by atoms with van der Waals surface area (Å²) in [5.74, 6) is 0.537. The highest BCUT2D eigenvalue weighted by Crippen LogP contribution is 2.21. The topological polar surface area (TPSA) is 61.4 Å². The van der Waals surface area contributed by atoms with Crippen molar-refractivity contribution in [1.82, 2.24) is 15.5 Å². The molecule has 0 spiro atoms. The molecule has 2 saturated heterocycles. The Kier molecular flexibility index (Phi) is 5.97. The predicted molar refractivity (Wildman–Crippen MR) is 103 cm³/mol. The van der Waals surface area contributed by atoms with E-state index in [1.165, 1.54) is 0 Å². The third-order valence-corrected chi connectivity index (χ3v) is 5.70. The van der Waals surface area contributed by atoms with Crippen molar-refractivity contribution in [2.45, 2.75) is 46.1 Å². The zero-order valence-corrected chi connectivity index (χ0v) is 16.2. The number of piperidine rings is 2. The average Bonchev–Trinajstić information content (AvgIpc) is 2.62. The van der Waals surface area contributed by atoms with Gasteiger partial charge >= 0.3 is 0 Å². The first-order valence-electron chi connectivity index (χ1n) is 9.82. The van der Waals surface area contributed by atoms with E-state index in [1.807, 2.05) is 30.9 Å². The van der Waals surface area contributed by atoms with Gasteiger partial charge in [-0.2, -0.15) is 0 Å². The summed E-state index contributed by atoms with van der Waals surface area (Å²) in [6.45, 7) is 9.33. The molecule has 0 bridgehead atoms. The number of hydrogen-bond donors (Lipinski definition) is 2. The van der Waals surface area contributed by atoms with Gasteiger partial charge in [-0.15, -0.1) is 0 Å². The molecule has 3 atom stereocenters. The van der Waals surface area contributed by atoms with Crippen molar-refractivity contribution in [3.05, 3.63) is 34.9 Å². The number of rotatable bonds is 3. The van der Waals surface area contributed by atoms with E-state index in [4.69, 9.17) is 0 Å². The van der Waals surface area contributed by atoms with Crippen LogP contribution in [0.5, 0.6) is 0 Å². The van der Waals surface area contributed by atoms with Gasteiger partial charge in [0, 0.05) is 31.2 Å². The van der Waals surface area contributed by atoms with Gasteiger partial charge in [0.1, 0.15) is 0 Å². The Morgan fingerprint density at radius 1 is 1.15 bits per heavy atom. The van der Waals surface area contributed by atoms with Gasteiger partial charge in [-0.1, -0.05) is 24.1 Å². The van der Waals surface area contributed by atoms with Crippen LogP contribution in [0.1, 0.15) is 47.7 Å². The summed E-state index contributed by atoms with van der Waals surface area (Å²) in [5, 5.41) is 6.57. The van der Waals surface area contributed by atoms with Gasteiger partial charge in [0.2, 0.25) is 5.91 Å². The van der Waals surface area contributed by atoms with Crippen LogP contribution in [-0.4, -0.2) is 48.9 Å². The Bertz CT molecular complexity index is 653. The van der Waals surface area contributed by atoms with E-state index in [0.29, 0.717) is 12.5 Å². The van der Waals surface area contributed by atoms with Crippen molar-refractivity contribution in [1.29, 1.82) is 0 Å². The molecular weight excluding hydrogens is 326 g/mol. The van der Waals surface area contributed by atoms with Gasteiger partial charge in [0.05, 0.1) is 5.92 Å². The fourth-order valence-corrected chi connectivity index (χ4v) is 4.14. The lowest BCUT2D eigenvalue weighted by atomic mass is 9.92. The monoisotopic (exact) mass is 357 g/mol. The van der Waals surface area contributed by atoms with E-state index in [2.05, 4.69) is 23.6 Å². The Balaban J connectivity index is 1.63. The standard InChI is InChI=1S/C21H31N3O2/c1-14-9-15(2)11-18(10-14)21(26)24-8-4-5-17(13-24)20(25)23-19-12-22-7-6-16(19)3/h9-11,16-17,19,22H,4-8,12-13H2,1-3H3,(H,23,25). The van der Waals surface area contributed by atoms with Gasteiger partial charge in [-0.05, 0) is 57.7 Å². The number of hydrogen-bond acceptors (Lipinski definition) is 3. The van der Waals surface area contributed by atoms with Crippen molar-refractivity contribution in [3.63, 3.8) is 0 Å². The Morgan fingerprint density at radius 2 is 1.88 bits per heavy atom. The minimum atomic E-state index is -0.104. The van der Waals surface area contributed by atoms with Gasteiger partial charge < -0.3 is 15.5 Å². The third kappa shape index (κ3) is 4.44. The van der Waals surface area contributed by atoms with E-state index in [1.54, 1.807) is 0 Å². The molecule has 0 aromatic heterocycles. The van der Waals surface area contributed by atoms with Crippen LogP contribution in [0, 0.1) is 25.7 Å². The van der Waals surface area contributed by atoms with Crippen molar-refractivity contribution < 1.29 is 9.59 Å². The van der Waals surface area contributed by atoms with Crippen molar-refractivity contribution in [2.75, 3.05) is 26.2 Å². The van der Waals surface area contributed by atoms with Crippen molar-refractivity contribution in [3.8, 4) is 0 Å². The molecule has 0 radical (unpaired) electrons. The summed E-state index contributed by atoms with van der Waals surface area (Å²) >= 11 is 0. The largest absolute Gasteiger partial charge is 0.352 e. The molecule has 5 heteroatoms. The van der Waals surface area contributed by atoms with E-state index >= 15 is 0 Å². The molecule has 0 saturated carbocycles. The minimum absolute atomic E-state index is 0.0435. The number of carbonyl (C=O) groups excluding carboxylic acids is 2. The smallest absolute Gasteiger partial charge is 0.253 e. The molecule has 2 amide bonds. The lowest BCUT2D eigenvalue weighted by molar-refractivity contribution is -0.127. The molecule has 2 aliphatic heterocycles. The number of likely N-dealkylation sites (tertiary alicyclic amines) is 1. The molecule has 3 unspecified atom stereocenters. The predicted octanol–water partition coefficient (Wildman–Crippen LogP) is 2.27. The molecule has 1 aromatic rings. The number of carbonyl (C=O) groups is 2. The summed E-state index contributed by atoms with van der Waals surface area (Å²) in [4.78, 5) is 27.5. The maximum Gasteiger partial charge on any atom is 0.253 e. The second kappa shape index (κ2) is 8.21. The fraction of sp³-hybridized carbons (Fsp3) is 0.619. The van der Waals surface area contributed by atoms with Gasteiger partial charge in [-0.3, -0.25) is 9.59 Å². The first-order valence-corrected chi connectivity index (χ1v) is 9.82. The number of amides is 2. The zero-order valence-electron chi connectivity index (χ0n) is 16.2. The molecule has 5 nitrogen and oxygen atoms in total.